The Morgan fingerprint density at radius 1 is 1.21 bits per heavy atom. The van der Waals surface area contributed by atoms with Gasteiger partial charge in [-0.05, 0) is 39.8 Å². The molecule has 2 aliphatic heterocycles. The van der Waals surface area contributed by atoms with Crippen molar-refractivity contribution in [1.29, 1.82) is 0 Å². The molecule has 2 aliphatic rings. The number of fused-ring (bicyclic) bond motifs is 1. The van der Waals surface area contributed by atoms with Crippen LogP contribution in [0, 0.1) is 12.3 Å². The number of esters is 1. The second kappa shape index (κ2) is 15.8. The van der Waals surface area contributed by atoms with E-state index in [4.69, 9.17) is 29.2 Å². The number of benzene rings is 1. The first-order valence-electron chi connectivity index (χ1n) is 13.9. The number of hydrogen-bond acceptors (Lipinski definition) is 16. The van der Waals surface area contributed by atoms with Gasteiger partial charge < -0.3 is 35.2 Å². The molecular weight excluding hydrogens is 695 g/mol. The number of aryl methyl sites for hydroxylation is 1. The Hall–Kier alpha value is -4.24. The van der Waals surface area contributed by atoms with Crippen LogP contribution in [0.3, 0.4) is 0 Å². The fourth-order valence-electron chi connectivity index (χ4n) is 3.92. The molecule has 0 radical (unpaired) electrons. The number of rotatable bonds is 9. The van der Waals surface area contributed by atoms with Gasteiger partial charge in [-0.25, -0.2) is 9.78 Å². The topological polar surface area (TPSA) is 246 Å². The van der Waals surface area contributed by atoms with Crippen LogP contribution in [0.4, 0.5) is 9.93 Å². The van der Waals surface area contributed by atoms with Gasteiger partial charge in [-0.3, -0.25) is 23.8 Å². The fraction of sp³-hybridized carbons (Fsp3) is 0.429. The van der Waals surface area contributed by atoms with E-state index in [1.54, 1.807) is 32.9 Å². The van der Waals surface area contributed by atoms with Gasteiger partial charge in [0.1, 0.15) is 17.1 Å². The number of aromatic nitrogens is 1. The van der Waals surface area contributed by atoms with Crippen molar-refractivity contribution in [1.82, 2.24) is 15.2 Å². The average molecular weight is 730 g/mol. The number of carbonyl (C=O) groups is 4. The molecule has 2 aromatic rings. The third-order valence-corrected chi connectivity index (χ3v) is 9.21. The van der Waals surface area contributed by atoms with Crippen LogP contribution in [0.25, 0.3) is 0 Å². The molecule has 2 amide bonds. The second-order valence-corrected chi connectivity index (χ2v) is 14.6. The Morgan fingerprint density at radius 2 is 1.85 bits per heavy atom. The minimum Gasteiger partial charge on any atom is -0.425 e. The number of nitrogens with one attached hydrogen (secondary N) is 1. The van der Waals surface area contributed by atoms with Gasteiger partial charge in [0.15, 0.2) is 10.8 Å². The molecule has 262 valence electrons. The standard InChI is InChI=1S/C21H27N5O9S2.C7H8O3S/c1-9(33-18(29)21(2,3)4)34-20(30)35-16-10(6-32-5)7-36-17-13(15(28)26(16)17)24-14(27)12(25-31)11-8-37-19(22)23-11;1-6-2-4-7(5-3-6)11(8,9)10/h8-9,13,17,31H,6-7H2,1-5H3,(H2,22,23)(H,24,27);2-5H,1H3,(H,8,9,10)/b25-12-;/t9?,13?,17-;/m0./s1. The molecular formula is C28H35N5O12S3. The summed E-state index contributed by atoms with van der Waals surface area (Å²) in [7, 11) is -2.58. The number of anilines is 1. The molecule has 17 nitrogen and oxygen atoms in total. The highest BCUT2D eigenvalue weighted by molar-refractivity contribution is 8.00. The van der Waals surface area contributed by atoms with Crippen LogP contribution in [-0.2, 0) is 43.4 Å². The van der Waals surface area contributed by atoms with Crippen molar-refractivity contribution >= 4 is 68.0 Å². The molecule has 0 saturated carbocycles. The van der Waals surface area contributed by atoms with Crippen LogP contribution in [0.2, 0.25) is 0 Å². The zero-order valence-corrected chi connectivity index (χ0v) is 29.1. The van der Waals surface area contributed by atoms with E-state index in [0.717, 1.165) is 16.9 Å². The average Bonchev–Trinajstić information content (AvgIpc) is 3.41. The Kier molecular flexibility index (Phi) is 12.6. The first-order valence-corrected chi connectivity index (χ1v) is 17.3. The molecule has 1 fully saturated rings. The van der Waals surface area contributed by atoms with Gasteiger partial charge in [0.05, 0.1) is 16.9 Å². The maximum atomic E-state index is 13.0. The minimum absolute atomic E-state index is 0.0535. The second-order valence-electron chi connectivity index (χ2n) is 11.2. The number of hydrogen-bond donors (Lipinski definition) is 4. The van der Waals surface area contributed by atoms with Crippen LogP contribution in [-0.4, -0.2) is 94.9 Å². The lowest BCUT2D eigenvalue weighted by molar-refractivity contribution is -0.177. The summed E-state index contributed by atoms with van der Waals surface area (Å²) in [4.78, 5) is 55.2. The molecule has 5 N–H and O–H groups in total. The van der Waals surface area contributed by atoms with Crippen molar-refractivity contribution in [3.05, 3.63) is 52.4 Å². The third kappa shape index (κ3) is 9.66. The van der Waals surface area contributed by atoms with Crippen LogP contribution >= 0.6 is 23.1 Å². The van der Waals surface area contributed by atoms with E-state index in [-0.39, 0.29) is 28.2 Å². The summed E-state index contributed by atoms with van der Waals surface area (Å²) in [5.41, 5.74) is 5.86. The van der Waals surface area contributed by atoms with Crippen molar-refractivity contribution in [2.75, 3.05) is 25.2 Å². The Labute approximate surface area is 284 Å². The van der Waals surface area contributed by atoms with Crippen molar-refractivity contribution in [3.63, 3.8) is 0 Å². The molecule has 0 spiro atoms. The third-order valence-electron chi connectivity index (χ3n) is 6.32. The predicted octanol–water partition coefficient (Wildman–Crippen LogP) is 2.49. The van der Waals surface area contributed by atoms with Crippen molar-refractivity contribution in [2.45, 2.75) is 57.2 Å². The van der Waals surface area contributed by atoms with Crippen molar-refractivity contribution < 1.29 is 56.3 Å². The summed E-state index contributed by atoms with van der Waals surface area (Å²) in [6.07, 6.45) is -2.44. The van der Waals surface area contributed by atoms with E-state index < -0.39 is 62.9 Å². The molecule has 3 heterocycles. The fourth-order valence-corrected chi connectivity index (χ4v) is 6.25. The number of nitrogen functional groups attached to an aromatic ring is 1. The number of β-lactam (4-membered cyclic amide) rings is 1. The smallest absolute Gasteiger partial charge is 0.425 e. The number of thioether (sulfide) groups is 1. The summed E-state index contributed by atoms with van der Waals surface area (Å²) >= 11 is 2.36. The van der Waals surface area contributed by atoms with E-state index in [9.17, 15) is 32.8 Å². The lowest BCUT2D eigenvalue weighted by Gasteiger charge is -2.49. The van der Waals surface area contributed by atoms with Crippen LogP contribution in [0.5, 0.6) is 0 Å². The Morgan fingerprint density at radius 3 is 2.38 bits per heavy atom. The maximum Gasteiger partial charge on any atom is 0.518 e. The summed E-state index contributed by atoms with van der Waals surface area (Å²) in [5.74, 6) is -1.78. The van der Waals surface area contributed by atoms with Crippen molar-refractivity contribution in [3.8, 4) is 0 Å². The number of carbonyl (C=O) groups excluding carboxylic acids is 4. The monoisotopic (exact) mass is 729 g/mol. The minimum atomic E-state index is -4.02. The molecule has 0 aliphatic carbocycles. The molecule has 1 aromatic heterocycles. The Balaban J connectivity index is 0.000000480. The normalized spacial score (nSPS) is 18.4. The van der Waals surface area contributed by atoms with Crippen LogP contribution < -0.4 is 11.1 Å². The van der Waals surface area contributed by atoms with Gasteiger partial charge in [0.2, 0.25) is 12.2 Å². The van der Waals surface area contributed by atoms with Crippen LogP contribution in [0.1, 0.15) is 39.0 Å². The largest absolute Gasteiger partial charge is 0.518 e. The first kappa shape index (κ1) is 38.2. The zero-order valence-electron chi connectivity index (χ0n) is 26.7. The summed E-state index contributed by atoms with van der Waals surface area (Å²) < 4.78 is 50.1. The molecule has 1 aromatic carbocycles. The van der Waals surface area contributed by atoms with E-state index in [1.807, 2.05) is 6.92 Å². The van der Waals surface area contributed by atoms with Gasteiger partial charge in [-0.2, -0.15) is 8.42 Å². The maximum absolute atomic E-state index is 13.0. The number of amides is 2. The van der Waals surface area contributed by atoms with E-state index >= 15 is 0 Å². The highest BCUT2D eigenvalue weighted by atomic mass is 32.2. The molecule has 0 bridgehead atoms. The number of nitrogens with two attached hydrogens (primary N) is 1. The Bertz CT molecular complexity index is 1700. The van der Waals surface area contributed by atoms with Gasteiger partial charge in [-0.15, -0.1) is 23.1 Å². The van der Waals surface area contributed by atoms with Gasteiger partial charge in [-0.1, -0.05) is 22.9 Å². The first-order chi connectivity index (χ1) is 22.4. The SMILES string of the molecule is COCC1=C(OC(=O)OC(C)OC(=O)C(C)(C)C)N2C(=O)C(NC(=O)/C(=N\O)c3csc(N)n3)[C@@H]2SC1.Cc1ccc(S(=O)(=O)O)cc1. The molecule has 2 unspecified atom stereocenters. The summed E-state index contributed by atoms with van der Waals surface area (Å²) in [6, 6.07) is 4.98. The molecule has 1 saturated heterocycles. The van der Waals surface area contributed by atoms with E-state index in [2.05, 4.69) is 15.5 Å². The van der Waals surface area contributed by atoms with Crippen LogP contribution in [0.15, 0.2) is 51.2 Å². The van der Waals surface area contributed by atoms with Crippen molar-refractivity contribution in [2.24, 2.45) is 10.6 Å². The van der Waals surface area contributed by atoms with Gasteiger partial charge in [0, 0.05) is 30.7 Å². The number of nitrogens with zero attached hydrogens (tertiary/aromatic N) is 3. The lowest BCUT2D eigenvalue weighted by Crippen LogP contribution is -2.70. The molecule has 3 atom stereocenters. The zero-order chi connectivity index (χ0) is 36.0. The molecule has 20 heteroatoms. The molecule has 48 heavy (non-hydrogen) atoms. The number of thiazole rings is 1. The van der Waals surface area contributed by atoms with Gasteiger partial charge >= 0.3 is 12.1 Å². The van der Waals surface area contributed by atoms with E-state index in [0.29, 0.717) is 11.3 Å². The summed E-state index contributed by atoms with van der Waals surface area (Å²) in [6.45, 7) is 8.20. The number of ether oxygens (including phenoxy) is 4. The van der Waals surface area contributed by atoms with E-state index in [1.165, 1.54) is 48.2 Å². The highest BCUT2D eigenvalue weighted by Crippen LogP contribution is 2.41. The lowest BCUT2D eigenvalue weighted by atomic mass is 9.97. The predicted molar refractivity (Wildman–Crippen MR) is 172 cm³/mol. The van der Waals surface area contributed by atoms with Gasteiger partial charge in [0.25, 0.3) is 21.9 Å². The highest BCUT2D eigenvalue weighted by Gasteiger charge is 2.54. The number of oxime groups is 1. The quantitative estimate of drug-likeness (QED) is 0.0551. The number of methoxy groups -OCH3 is 1. The molecule has 4 rings (SSSR count). The summed E-state index contributed by atoms with van der Waals surface area (Å²) in [5, 5.41) is 15.8.